The molecule has 2 rings (SSSR count). The summed E-state index contributed by atoms with van der Waals surface area (Å²) < 4.78 is 3.69. The molecule has 2 heterocycles. The number of nitrogens with two attached hydrogens (primary N) is 1. The molecule has 0 aromatic carbocycles. The molecule has 0 fully saturated rings. The van der Waals surface area contributed by atoms with E-state index in [1.165, 1.54) is 0 Å². The molecule has 18 heavy (non-hydrogen) atoms. The van der Waals surface area contributed by atoms with Crippen LogP contribution in [0.15, 0.2) is 24.9 Å². The van der Waals surface area contributed by atoms with Gasteiger partial charge in [0.2, 0.25) is 0 Å². The summed E-state index contributed by atoms with van der Waals surface area (Å²) in [7, 11) is 3.85. The van der Waals surface area contributed by atoms with Crippen molar-refractivity contribution in [2.45, 2.75) is 20.0 Å². The third-order valence-corrected chi connectivity index (χ3v) is 2.31. The van der Waals surface area contributed by atoms with E-state index in [1.807, 2.05) is 37.4 Å². The van der Waals surface area contributed by atoms with Crippen LogP contribution >= 0.6 is 0 Å². The van der Waals surface area contributed by atoms with Crippen LogP contribution in [0.25, 0.3) is 0 Å². The first-order valence-corrected chi connectivity index (χ1v) is 6.00. The Morgan fingerprint density at radius 3 is 2.50 bits per heavy atom. The second-order valence-electron chi connectivity index (χ2n) is 4.04. The summed E-state index contributed by atoms with van der Waals surface area (Å²) in [6.07, 6.45) is 7.50. The lowest BCUT2D eigenvalue weighted by Crippen LogP contribution is -2.11. The fourth-order valence-corrected chi connectivity index (χ4v) is 1.39. The van der Waals surface area contributed by atoms with Crippen LogP contribution in [0, 0.1) is 0 Å². The van der Waals surface area contributed by atoms with Crippen LogP contribution < -0.4 is 11.1 Å². The van der Waals surface area contributed by atoms with Crippen LogP contribution in [0.2, 0.25) is 0 Å². The van der Waals surface area contributed by atoms with E-state index in [0.717, 1.165) is 24.3 Å². The van der Waals surface area contributed by atoms with Gasteiger partial charge in [-0.1, -0.05) is 6.92 Å². The molecular formula is C12H22N6. The summed E-state index contributed by atoms with van der Waals surface area (Å²) >= 11 is 0. The molecule has 0 atom stereocenters. The molecule has 2 aromatic heterocycles. The predicted molar refractivity (Wildman–Crippen MR) is 71.7 cm³/mol. The fourth-order valence-electron chi connectivity index (χ4n) is 1.39. The van der Waals surface area contributed by atoms with E-state index < -0.39 is 0 Å². The smallest absolute Gasteiger partial charge is 0.0947 e. The molecule has 0 aliphatic carbocycles. The first-order chi connectivity index (χ1) is 8.65. The first kappa shape index (κ1) is 14.4. The molecule has 0 saturated heterocycles. The van der Waals surface area contributed by atoms with E-state index in [-0.39, 0.29) is 0 Å². The van der Waals surface area contributed by atoms with Crippen molar-refractivity contribution in [1.29, 1.82) is 0 Å². The number of rotatable bonds is 4. The van der Waals surface area contributed by atoms with Crippen LogP contribution in [0.1, 0.15) is 18.2 Å². The lowest BCUT2D eigenvalue weighted by molar-refractivity contribution is 0.713. The molecule has 0 bridgehead atoms. The maximum atomic E-state index is 5.31. The molecule has 0 aliphatic rings. The number of hydrogen-bond donors (Lipinski definition) is 2. The van der Waals surface area contributed by atoms with E-state index in [0.29, 0.717) is 6.54 Å². The summed E-state index contributed by atoms with van der Waals surface area (Å²) in [5, 5.41) is 7.13. The molecule has 6 heteroatoms. The van der Waals surface area contributed by atoms with Gasteiger partial charge in [-0.3, -0.25) is 4.68 Å². The van der Waals surface area contributed by atoms with Gasteiger partial charge in [0, 0.05) is 45.1 Å². The second-order valence-corrected chi connectivity index (χ2v) is 4.04. The van der Waals surface area contributed by atoms with Crippen molar-refractivity contribution in [3.63, 3.8) is 0 Å². The Bertz CT molecular complexity index is 445. The highest BCUT2D eigenvalue weighted by Gasteiger charge is 1.92. The molecule has 0 amide bonds. The van der Waals surface area contributed by atoms with Gasteiger partial charge < -0.3 is 15.6 Å². The summed E-state index contributed by atoms with van der Waals surface area (Å²) in [5.41, 5.74) is 7.49. The Hall–Kier alpha value is -1.66. The van der Waals surface area contributed by atoms with Gasteiger partial charge in [-0.25, -0.2) is 4.98 Å². The van der Waals surface area contributed by atoms with E-state index in [9.17, 15) is 0 Å². The van der Waals surface area contributed by atoms with Crippen LogP contribution in [-0.4, -0.2) is 25.9 Å². The maximum Gasteiger partial charge on any atom is 0.0947 e. The van der Waals surface area contributed by atoms with Crippen molar-refractivity contribution < 1.29 is 0 Å². The Kier molecular flexibility index (Phi) is 6.10. The zero-order chi connectivity index (χ0) is 13.4. The second kappa shape index (κ2) is 7.62. The zero-order valence-electron chi connectivity index (χ0n) is 11.3. The van der Waals surface area contributed by atoms with Gasteiger partial charge in [-0.2, -0.15) is 5.10 Å². The zero-order valence-corrected chi connectivity index (χ0v) is 11.3. The highest BCUT2D eigenvalue weighted by atomic mass is 15.2. The summed E-state index contributed by atoms with van der Waals surface area (Å²) in [6, 6.07) is 0. The third-order valence-electron chi connectivity index (χ3n) is 2.31. The van der Waals surface area contributed by atoms with Crippen LogP contribution in [-0.2, 0) is 27.2 Å². The number of hydrogen-bond acceptors (Lipinski definition) is 4. The Morgan fingerprint density at radius 1 is 1.33 bits per heavy atom. The van der Waals surface area contributed by atoms with Gasteiger partial charge in [-0.05, 0) is 6.54 Å². The lowest BCUT2D eigenvalue weighted by Gasteiger charge is -1.94. The fraction of sp³-hybridized carbons (Fsp3) is 0.500. The average Bonchev–Trinajstić information content (AvgIpc) is 2.96. The van der Waals surface area contributed by atoms with Gasteiger partial charge in [0.1, 0.15) is 0 Å². The maximum absolute atomic E-state index is 5.31. The highest BCUT2D eigenvalue weighted by molar-refractivity contribution is 5.01. The van der Waals surface area contributed by atoms with Gasteiger partial charge in [-0.15, -0.1) is 0 Å². The molecule has 2 aromatic rings. The van der Waals surface area contributed by atoms with Crippen LogP contribution in [0.5, 0.6) is 0 Å². The molecule has 0 unspecified atom stereocenters. The number of nitrogens with zero attached hydrogens (tertiary/aromatic N) is 4. The van der Waals surface area contributed by atoms with E-state index in [1.54, 1.807) is 10.9 Å². The van der Waals surface area contributed by atoms with E-state index >= 15 is 0 Å². The number of nitrogens with one attached hydrogen (secondary N) is 1. The largest absolute Gasteiger partial charge is 0.340 e. The molecule has 0 spiro atoms. The lowest BCUT2D eigenvalue weighted by atomic mass is 10.4. The van der Waals surface area contributed by atoms with Gasteiger partial charge in [0.05, 0.1) is 18.2 Å². The monoisotopic (exact) mass is 250 g/mol. The minimum absolute atomic E-state index is 0.577. The third kappa shape index (κ3) is 5.11. The van der Waals surface area contributed by atoms with Crippen molar-refractivity contribution in [3.8, 4) is 0 Å². The van der Waals surface area contributed by atoms with E-state index in [4.69, 9.17) is 5.73 Å². The molecule has 100 valence electrons. The normalized spacial score (nSPS) is 10.0. The minimum Gasteiger partial charge on any atom is -0.340 e. The Labute approximate surface area is 108 Å². The average molecular weight is 250 g/mol. The molecule has 0 radical (unpaired) electrons. The van der Waals surface area contributed by atoms with Crippen molar-refractivity contribution >= 4 is 0 Å². The van der Waals surface area contributed by atoms with Gasteiger partial charge >= 0.3 is 0 Å². The van der Waals surface area contributed by atoms with Gasteiger partial charge in [0.15, 0.2) is 0 Å². The van der Waals surface area contributed by atoms with Crippen molar-refractivity contribution in [2.24, 2.45) is 19.8 Å². The van der Waals surface area contributed by atoms with E-state index in [2.05, 4.69) is 22.3 Å². The molecule has 0 aliphatic heterocycles. The molecular weight excluding hydrogens is 228 g/mol. The number of aryl methyl sites for hydroxylation is 2. The van der Waals surface area contributed by atoms with Crippen molar-refractivity contribution in [1.82, 2.24) is 24.6 Å². The Balaban J connectivity index is 0.000000184. The summed E-state index contributed by atoms with van der Waals surface area (Å²) in [6.45, 7) is 4.53. The Morgan fingerprint density at radius 2 is 2.11 bits per heavy atom. The molecule has 3 N–H and O–H groups in total. The summed E-state index contributed by atoms with van der Waals surface area (Å²) in [4.78, 5) is 4.15. The van der Waals surface area contributed by atoms with Crippen molar-refractivity contribution in [3.05, 3.63) is 36.2 Å². The van der Waals surface area contributed by atoms with Crippen LogP contribution in [0.3, 0.4) is 0 Å². The topological polar surface area (TPSA) is 73.7 Å². The first-order valence-electron chi connectivity index (χ1n) is 6.00. The van der Waals surface area contributed by atoms with Crippen LogP contribution in [0.4, 0.5) is 0 Å². The number of imidazole rings is 1. The molecule has 0 saturated carbocycles. The summed E-state index contributed by atoms with van der Waals surface area (Å²) in [5.74, 6) is 0. The number of aromatic nitrogens is 4. The minimum atomic E-state index is 0.577. The standard InChI is InChI=1S/C7H13N3.C5H9N3/c1-3-8-4-7-5-10(2)6-9-7;1-8-4-5(2-6)3-7-8/h5-6,8H,3-4H2,1-2H3;3-4H,2,6H2,1H3. The SMILES string of the molecule is CCNCc1cn(C)cn1.Cn1cc(CN)cn1. The molecule has 6 nitrogen and oxygen atoms in total. The van der Waals surface area contributed by atoms with Gasteiger partial charge in [0.25, 0.3) is 0 Å². The quantitative estimate of drug-likeness (QED) is 0.824. The predicted octanol–water partition coefficient (Wildman–Crippen LogP) is 0.408. The van der Waals surface area contributed by atoms with Crippen molar-refractivity contribution in [2.75, 3.05) is 6.54 Å². The highest BCUT2D eigenvalue weighted by Crippen LogP contribution is 1.92.